The fourth-order valence-electron chi connectivity index (χ4n) is 6.01. The number of hydrogen-bond donors (Lipinski definition) is 2. The van der Waals surface area contributed by atoms with E-state index in [1.54, 1.807) is 6.92 Å². The van der Waals surface area contributed by atoms with Crippen LogP contribution in [0.25, 0.3) is 11.6 Å². The second-order valence-corrected chi connectivity index (χ2v) is 11.1. The van der Waals surface area contributed by atoms with Crippen molar-refractivity contribution in [1.29, 1.82) is 0 Å². The Kier molecular flexibility index (Phi) is 5.59. The first-order chi connectivity index (χ1) is 17.4. The number of fused-ring (bicyclic) bond motifs is 5. The van der Waals surface area contributed by atoms with Crippen LogP contribution in [0.1, 0.15) is 36.5 Å². The summed E-state index contributed by atoms with van der Waals surface area (Å²) in [5, 5.41) is 18.6. The summed E-state index contributed by atoms with van der Waals surface area (Å²) in [7, 11) is 0. The topological polar surface area (TPSA) is 78.8 Å². The van der Waals surface area contributed by atoms with Crippen LogP contribution in [-0.4, -0.2) is 29.2 Å². The number of carbonyl (C=O) groups is 2. The van der Waals surface area contributed by atoms with Crippen molar-refractivity contribution in [2.75, 3.05) is 5.32 Å². The van der Waals surface area contributed by atoms with Crippen LogP contribution < -0.4 is 15.8 Å². The summed E-state index contributed by atoms with van der Waals surface area (Å²) >= 11 is 2.21. The molecule has 0 saturated carbocycles. The van der Waals surface area contributed by atoms with E-state index in [9.17, 15) is 14.7 Å². The molecule has 1 amide bonds. The van der Waals surface area contributed by atoms with Gasteiger partial charge in [0.1, 0.15) is 11.5 Å². The second-order valence-electron chi connectivity index (χ2n) is 9.86. The molecule has 180 valence electrons. The highest BCUT2D eigenvalue weighted by Crippen LogP contribution is 2.40. The van der Waals surface area contributed by atoms with Crippen LogP contribution in [0.2, 0.25) is 0 Å². The minimum Gasteiger partial charge on any atom is -0.481 e. The van der Waals surface area contributed by atoms with E-state index in [4.69, 9.17) is 0 Å². The predicted molar refractivity (Wildman–Crippen MR) is 149 cm³/mol. The van der Waals surface area contributed by atoms with Crippen LogP contribution >= 0.6 is 22.6 Å². The molecule has 5 nitrogen and oxygen atoms in total. The first kappa shape index (κ1) is 23.2. The molecule has 6 heteroatoms. The van der Waals surface area contributed by atoms with E-state index in [1.807, 2.05) is 18.2 Å². The number of halogens is 1. The number of carboxylic acid groups (broad SMARTS) is 1. The van der Waals surface area contributed by atoms with Gasteiger partial charge in [-0.3, -0.25) is 9.59 Å². The zero-order chi connectivity index (χ0) is 25.0. The third kappa shape index (κ3) is 3.53. The number of nitrogens with one attached hydrogen (secondary N) is 1. The Bertz CT molecular complexity index is 1710. The molecule has 2 N–H and O–H groups in total. The highest BCUT2D eigenvalue weighted by molar-refractivity contribution is 14.1. The summed E-state index contributed by atoms with van der Waals surface area (Å²) in [5.74, 6) is -1.49. The number of aliphatic imine (C=N–C) groups is 1. The molecule has 3 aromatic carbocycles. The molecule has 0 radical (unpaired) electrons. The first-order valence-corrected chi connectivity index (χ1v) is 13.3. The van der Waals surface area contributed by atoms with Crippen molar-refractivity contribution in [2.45, 2.75) is 38.6 Å². The number of hydrogen-bond acceptors (Lipinski definition) is 3. The number of aliphatic carboxylic acids is 1. The maximum Gasteiger partial charge on any atom is 0.316 e. The number of nitrogens with zero attached hydrogens (tertiary/aromatic N) is 1. The lowest BCUT2D eigenvalue weighted by molar-refractivity contribution is -0.147. The molecule has 1 aliphatic heterocycles. The van der Waals surface area contributed by atoms with Gasteiger partial charge in [-0.15, -0.1) is 0 Å². The highest BCUT2D eigenvalue weighted by Gasteiger charge is 2.50. The quantitative estimate of drug-likeness (QED) is 0.455. The van der Waals surface area contributed by atoms with Gasteiger partial charge < -0.3 is 10.4 Å². The summed E-state index contributed by atoms with van der Waals surface area (Å²) in [6.45, 7) is 1.68. The largest absolute Gasteiger partial charge is 0.481 e. The molecule has 1 heterocycles. The van der Waals surface area contributed by atoms with Gasteiger partial charge in [0.25, 0.3) is 5.91 Å². The Morgan fingerprint density at radius 2 is 1.86 bits per heavy atom. The number of benzodiazepines with no additional fused rings is 1. The van der Waals surface area contributed by atoms with Gasteiger partial charge in [0, 0.05) is 21.0 Å². The van der Waals surface area contributed by atoms with E-state index in [0.717, 1.165) is 44.9 Å². The third-order valence-corrected chi connectivity index (χ3v) is 8.60. The van der Waals surface area contributed by atoms with Crippen LogP contribution in [-0.2, 0) is 22.4 Å². The Morgan fingerprint density at radius 1 is 1.06 bits per heavy atom. The molecule has 36 heavy (non-hydrogen) atoms. The number of benzene rings is 3. The summed E-state index contributed by atoms with van der Waals surface area (Å²) in [5.41, 5.74) is 3.32. The highest BCUT2D eigenvalue weighted by atomic mass is 127. The zero-order valence-electron chi connectivity index (χ0n) is 19.8. The predicted octanol–water partition coefficient (Wildman–Crippen LogP) is 3.93. The molecular weight excluding hydrogens is 563 g/mol. The average molecular weight is 588 g/mol. The van der Waals surface area contributed by atoms with Crippen LogP contribution in [0.4, 0.5) is 5.69 Å². The minimum atomic E-state index is -1.46. The monoisotopic (exact) mass is 588 g/mol. The van der Waals surface area contributed by atoms with Crippen molar-refractivity contribution < 1.29 is 14.7 Å². The first-order valence-electron chi connectivity index (χ1n) is 12.2. The van der Waals surface area contributed by atoms with Crippen molar-refractivity contribution >= 4 is 58.0 Å². The van der Waals surface area contributed by atoms with Crippen molar-refractivity contribution in [1.82, 2.24) is 0 Å². The van der Waals surface area contributed by atoms with E-state index in [-0.39, 0.29) is 0 Å². The molecule has 2 atom stereocenters. The van der Waals surface area contributed by atoms with Crippen molar-refractivity contribution in [3.63, 3.8) is 0 Å². The third-order valence-electron chi connectivity index (χ3n) is 7.93. The molecular formula is C30H25IN2O3. The van der Waals surface area contributed by atoms with Gasteiger partial charge in [0.2, 0.25) is 0 Å². The SMILES string of the molecule is CC(C(=O)O)(C1=c2ccc3c(c2CCC1)CC=c1ccccc1=3)C1Nc2ccc(I)cc2C=NC1=O. The number of anilines is 1. The van der Waals surface area contributed by atoms with Crippen LogP contribution in [0.3, 0.4) is 0 Å². The number of carboxylic acids is 1. The number of amides is 1. The normalized spacial score (nSPS) is 19.4. The van der Waals surface area contributed by atoms with E-state index >= 15 is 0 Å². The smallest absolute Gasteiger partial charge is 0.316 e. The van der Waals surface area contributed by atoms with Gasteiger partial charge in [-0.05, 0) is 111 Å². The molecule has 0 saturated heterocycles. The average Bonchev–Trinajstić information content (AvgIpc) is 3.06. The van der Waals surface area contributed by atoms with Crippen molar-refractivity contribution in [3.8, 4) is 0 Å². The van der Waals surface area contributed by atoms with Gasteiger partial charge in [0.15, 0.2) is 0 Å². The Hall–Kier alpha value is -3.26. The van der Waals surface area contributed by atoms with Crippen molar-refractivity contribution in [2.24, 2.45) is 10.4 Å². The fraction of sp³-hybridized carbons (Fsp3) is 0.233. The molecule has 0 fully saturated rings. The molecule has 3 aliphatic rings. The van der Waals surface area contributed by atoms with Crippen LogP contribution in [0.15, 0.2) is 59.6 Å². The maximum absolute atomic E-state index is 13.3. The molecule has 2 unspecified atom stereocenters. The van der Waals surface area contributed by atoms with E-state index in [2.05, 4.69) is 75.4 Å². The van der Waals surface area contributed by atoms with Gasteiger partial charge in [-0.2, -0.15) is 0 Å². The molecule has 0 bridgehead atoms. The zero-order valence-corrected chi connectivity index (χ0v) is 22.0. The van der Waals surface area contributed by atoms with Gasteiger partial charge in [-0.1, -0.05) is 42.5 Å². The van der Waals surface area contributed by atoms with Crippen LogP contribution in [0, 0.1) is 19.4 Å². The van der Waals surface area contributed by atoms with E-state index in [0.29, 0.717) is 6.42 Å². The summed E-state index contributed by atoms with van der Waals surface area (Å²) in [4.78, 5) is 30.5. The molecule has 0 aromatic heterocycles. The second kappa shape index (κ2) is 8.69. The summed E-state index contributed by atoms with van der Waals surface area (Å²) in [6, 6.07) is 17.4. The number of rotatable bonds is 3. The van der Waals surface area contributed by atoms with Crippen molar-refractivity contribution in [3.05, 3.63) is 95.7 Å². The van der Waals surface area contributed by atoms with Gasteiger partial charge in [-0.25, -0.2) is 4.99 Å². The fourth-order valence-corrected chi connectivity index (χ4v) is 6.53. The Morgan fingerprint density at radius 3 is 2.69 bits per heavy atom. The van der Waals surface area contributed by atoms with E-state index in [1.165, 1.54) is 33.0 Å². The minimum absolute atomic E-state index is 0.467. The molecule has 2 aliphatic carbocycles. The summed E-state index contributed by atoms with van der Waals surface area (Å²) < 4.78 is 1.02. The Labute approximate surface area is 222 Å². The molecule has 0 spiro atoms. The number of carbonyl (C=O) groups excluding carboxylic acids is 1. The Balaban J connectivity index is 1.59. The van der Waals surface area contributed by atoms with Crippen LogP contribution in [0.5, 0.6) is 0 Å². The lowest BCUT2D eigenvalue weighted by Gasteiger charge is -2.37. The maximum atomic E-state index is 13.3. The lowest BCUT2D eigenvalue weighted by Crippen LogP contribution is -2.51. The summed E-state index contributed by atoms with van der Waals surface area (Å²) in [6.07, 6.45) is 7.00. The van der Waals surface area contributed by atoms with Gasteiger partial charge >= 0.3 is 5.97 Å². The molecule has 3 aromatic rings. The van der Waals surface area contributed by atoms with Gasteiger partial charge in [0.05, 0.1) is 0 Å². The standard InChI is InChI=1S/C30H25IN2O3/c1-30(29(35)36,27-28(34)32-16-18-15-19(31)10-14-26(18)33-27)25-8-4-7-21-23-11-9-17-5-2-3-6-20(17)22(23)12-13-24(21)25/h2-3,5-6,9-10,12-16,27,33H,4,7-8,11H2,1H3,(H,35,36). The lowest BCUT2D eigenvalue weighted by atomic mass is 9.69. The van der Waals surface area contributed by atoms with E-state index < -0.39 is 23.3 Å². The molecule has 6 rings (SSSR count).